The largest absolute Gasteiger partial charge is 0.469 e. The van der Waals surface area contributed by atoms with Crippen LogP contribution in [-0.4, -0.2) is 0 Å². The zero-order valence-electron chi connectivity index (χ0n) is 10.4. The average Bonchev–Trinajstić information content (AvgIpc) is 2.60. The van der Waals surface area contributed by atoms with Crippen LogP contribution in [0.15, 0.2) is 22.3 Å². The number of fused-ring (bicyclic) bond motifs is 3. The van der Waals surface area contributed by atoms with Gasteiger partial charge in [-0.15, -0.1) is 0 Å². The second-order valence-electron chi connectivity index (χ2n) is 5.68. The summed E-state index contributed by atoms with van der Waals surface area (Å²) in [5.41, 5.74) is 4.41. The van der Waals surface area contributed by atoms with E-state index in [0.717, 1.165) is 18.3 Å². The molecule has 86 valence electrons. The summed E-state index contributed by atoms with van der Waals surface area (Å²) in [5.74, 6) is 3.49. The number of aryl methyl sites for hydroxylation is 1. The lowest BCUT2D eigenvalue weighted by molar-refractivity contribution is 0.255. The Kier molecular flexibility index (Phi) is 2.24. The Bertz CT molecular complexity index is 438. The van der Waals surface area contributed by atoms with Gasteiger partial charge < -0.3 is 4.42 Å². The zero-order chi connectivity index (χ0) is 11.3. The van der Waals surface area contributed by atoms with E-state index in [9.17, 15) is 0 Å². The lowest BCUT2D eigenvalue weighted by Gasteiger charge is -2.38. The molecule has 0 saturated heterocycles. The van der Waals surface area contributed by atoms with Crippen LogP contribution in [0, 0.1) is 18.8 Å². The van der Waals surface area contributed by atoms with Crippen molar-refractivity contribution in [1.29, 1.82) is 0 Å². The average molecular weight is 216 g/mol. The second-order valence-corrected chi connectivity index (χ2v) is 5.68. The van der Waals surface area contributed by atoms with Crippen molar-refractivity contribution < 1.29 is 4.42 Å². The van der Waals surface area contributed by atoms with Gasteiger partial charge in [0.1, 0.15) is 5.76 Å². The van der Waals surface area contributed by atoms with Crippen molar-refractivity contribution in [2.45, 2.75) is 46.0 Å². The van der Waals surface area contributed by atoms with Crippen molar-refractivity contribution in [2.24, 2.45) is 11.8 Å². The van der Waals surface area contributed by atoms with Gasteiger partial charge in [-0.1, -0.05) is 18.6 Å². The van der Waals surface area contributed by atoms with Crippen molar-refractivity contribution in [2.75, 3.05) is 0 Å². The summed E-state index contributed by atoms with van der Waals surface area (Å²) in [6, 6.07) is 0. The van der Waals surface area contributed by atoms with Gasteiger partial charge in [-0.2, -0.15) is 0 Å². The Hall–Kier alpha value is -0.980. The lowest BCUT2D eigenvalue weighted by atomic mass is 9.66. The summed E-state index contributed by atoms with van der Waals surface area (Å²) in [5, 5.41) is 0. The lowest BCUT2D eigenvalue weighted by Crippen LogP contribution is -2.29. The Morgan fingerprint density at radius 2 is 2.12 bits per heavy atom. The minimum atomic E-state index is 0.631. The predicted molar refractivity (Wildman–Crippen MR) is 65.5 cm³/mol. The van der Waals surface area contributed by atoms with Crippen LogP contribution in [0.25, 0.3) is 0 Å². The van der Waals surface area contributed by atoms with Crippen LogP contribution in [-0.2, 0) is 6.42 Å². The minimum Gasteiger partial charge on any atom is -0.469 e. The van der Waals surface area contributed by atoms with Crippen molar-refractivity contribution in [3.63, 3.8) is 0 Å². The molecule has 0 aliphatic heterocycles. The molecule has 0 fully saturated rings. The SMILES string of the molecule is CC1=C[C@@H]2c3c(C)coc3C[C@H](C)[C@H]2CC1. The van der Waals surface area contributed by atoms with E-state index in [1.54, 1.807) is 5.57 Å². The molecule has 0 saturated carbocycles. The van der Waals surface area contributed by atoms with Crippen molar-refractivity contribution in [1.82, 2.24) is 0 Å². The predicted octanol–water partition coefficient (Wildman–Crippen LogP) is 4.22. The standard InChI is InChI=1S/C15H20O/c1-9-4-5-12-10(2)7-14-15(13(12)6-9)11(3)8-16-14/h6,8,10,12-13H,4-5,7H2,1-3H3/t10-,12+,13-/m0/s1. The summed E-state index contributed by atoms with van der Waals surface area (Å²) >= 11 is 0. The maximum Gasteiger partial charge on any atom is 0.108 e. The highest BCUT2D eigenvalue weighted by Crippen LogP contribution is 2.47. The van der Waals surface area contributed by atoms with Crippen LogP contribution in [0.2, 0.25) is 0 Å². The molecule has 0 radical (unpaired) electrons. The van der Waals surface area contributed by atoms with E-state index in [4.69, 9.17) is 4.42 Å². The van der Waals surface area contributed by atoms with Gasteiger partial charge in [0.2, 0.25) is 0 Å². The third kappa shape index (κ3) is 1.37. The summed E-state index contributed by atoms with van der Waals surface area (Å²) in [7, 11) is 0. The van der Waals surface area contributed by atoms with Gasteiger partial charge in [-0.25, -0.2) is 0 Å². The van der Waals surface area contributed by atoms with Crippen LogP contribution in [0.3, 0.4) is 0 Å². The Labute approximate surface area is 97.5 Å². The fourth-order valence-electron chi connectivity index (χ4n) is 3.58. The summed E-state index contributed by atoms with van der Waals surface area (Å²) in [4.78, 5) is 0. The minimum absolute atomic E-state index is 0.631. The Morgan fingerprint density at radius 1 is 1.31 bits per heavy atom. The molecule has 2 aliphatic rings. The first-order valence-corrected chi connectivity index (χ1v) is 6.41. The number of hydrogen-bond donors (Lipinski definition) is 0. The van der Waals surface area contributed by atoms with E-state index < -0.39 is 0 Å². The monoisotopic (exact) mass is 216 g/mol. The molecule has 0 N–H and O–H groups in total. The molecule has 0 amide bonds. The number of allylic oxidation sites excluding steroid dienone is 2. The van der Waals surface area contributed by atoms with Crippen molar-refractivity contribution in [3.8, 4) is 0 Å². The van der Waals surface area contributed by atoms with Gasteiger partial charge in [-0.3, -0.25) is 0 Å². The van der Waals surface area contributed by atoms with Gasteiger partial charge in [0.15, 0.2) is 0 Å². The van der Waals surface area contributed by atoms with Crippen molar-refractivity contribution in [3.05, 3.63) is 34.8 Å². The highest BCUT2D eigenvalue weighted by atomic mass is 16.3. The van der Waals surface area contributed by atoms with Gasteiger partial charge in [-0.05, 0) is 44.1 Å². The van der Waals surface area contributed by atoms with E-state index in [1.807, 2.05) is 6.26 Å². The summed E-state index contributed by atoms with van der Waals surface area (Å²) < 4.78 is 5.71. The summed E-state index contributed by atoms with van der Waals surface area (Å²) in [6.07, 6.45) is 8.22. The topological polar surface area (TPSA) is 13.1 Å². The van der Waals surface area contributed by atoms with Crippen LogP contribution in [0.5, 0.6) is 0 Å². The van der Waals surface area contributed by atoms with Crippen LogP contribution in [0.4, 0.5) is 0 Å². The number of rotatable bonds is 0. The molecule has 1 heterocycles. The molecule has 1 heteroatoms. The van der Waals surface area contributed by atoms with E-state index in [2.05, 4.69) is 26.8 Å². The molecule has 0 spiro atoms. The van der Waals surface area contributed by atoms with Crippen LogP contribution in [0.1, 0.15) is 49.5 Å². The van der Waals surface area contributed by atoms with E-state index in [-0.39, 0.29) is 0 Å². The molecule has 0 aromatic carbocycles. The smallest absolute Gasteiger partial charge is 0.108 e. The molecule has 1 aromatic heterocycles. The molecular weight excluding hydrogens is 196 g/mol. The Balaban J connectivity index is 2.12. The first-order chi connectivity index (χ1) is 7.66. The molecule has 0 bridgehead atoms. The highest BCUT2D eigenvalue weighted by molar-refractivity contribution is 5.39. The zero-order valence-corrected chi connectivity index (χ0v) is 10.4. The van der Waals surface area contributed by atoms with Gasteiger partial charge in [0.05, 0.1) is 6.26 Å². The maximum atomic E-state index is 5.71. The van der Waals surface area contributed by atoms with Gasteiger partial charge in [0.25, 0.3) is 0 Å². The first-order valence-electron chi connectivity index (χ1n) is 6.41. The molecule has 16 heavy (non-hydrogen) atoms. The molecule has 1 nitrogen and oxygen atoms in total. The van der Waals surface area contributed by atoms with Gasteiger partial charge in [0, 0.05) is 17.9 Å². The second kappa shape index (κ2) is 3.51. The summed E-state index contributed by atoms with van der Waals surface area (Å²) in [6.45, 7) is 6.84. The van der Waals surface area contributed by atoms with Crippen LogP contribution < -0.4 is 0 Å². The van der Waals surface area contributed by atoms with Crippen LogP contribution >= 0.6 is 0 Å². The third-order valence-electron chi connectivity index (χ3n) is 4.47. The van der Waals surface area contributed by atoms with Gasteiger partial charge >= 0.3 is 0 Å². The number of hydrogen-bond acceptors (Lipinski definition) is 1. The first kappa shape index (κ1) is 10.2. The number of furan rings is 1. The quantitative estimate of drug-likeness (QED) is 0.592. The fraction of sp³-hybridized carbons (Fsp3) is 0.600. The van der Waals surface area contributed by atoms with E-state index >= 15 is 0 Å². The Morgan fingerprint density at radius 3 is 2.94 bits per heavy atom. The van der Waals surface area contributed by atoms with E-state index in [1.165, 1.54) is 29.7 Å². The molecule has 0 unspecified atom stereocenters. The molecule has 3 atom stereocenters. The normalized spacial score (nSPS) is 32.9. The molecular formula is C15H20O. The molecule has 2 aliphatic carbocycles. The third-order valence-corrected chi connectivity index (χ3v) is 4.47. The molecule has 3 rings (SSSR count). The maximum absolute atomic E-state index is 5.71. The fourth-order valence-corrected chi connectivity index (χ4v) is 3.58. The van der Waals surface area contributed by atoms with Crippen molar-refractivity contribution >= 4 is 0 Å². The molecule has 1 aromatic rings. The highest BCUT2D eigenvalue weighted by Gasteiger charge is 2.37. The van der Waals surface area contributed by atoms with E-state index in [0.29, 0.717) is 5.92 Å².